The van der Waals surface area contributed by atoms with Crippen molar-refractivity contribution >= 4 is 11.8 Å². The summed E-state index contributed by atoms with van der Waals surface area (Å²) in [5.74, 6) is -0.154. The summed E-state index contributed by atoms with van der Waals surface area (Å²) in [6, 6.07) is 0. The van der Waals surface area contributed by atoms with Crippen LogP contribution in [0.4, 0.5) is 0 Å². The van der Waals surface area contributed by atoms with Crippen molar-refractivity contribution in [2.45, 2.75) is 44.6 Å². The van der Waals surface area contributed by atoms with Gasteiger partial charge in [-0.2, -0.15) is 0 Å². The molecule has 1 atom stereocenters. The van der Waals surface area contributed by atoms with Gasteiger partial charge < -0.3 is 15.4 Å². The molecule has 1 heterocycles. The summed E-state index contributed by atoms with van der Waals surface area (Å²) in [5.41, 5.74) is 5.23. The summed E-state index contributed by atoms with van der Waals surface area (Å²) in [4.78, 5) is 25.3. The first-order valence-corrected chi connectivity index (χ1v) is 6.88. The van der Waals surface area contributed by atoms with E-state index in [2.05, 4.69) is 0 Å². The van der Waals surface area contributed by atoms with Crippen LogP contribution in [0.3, 0.4) is 0 Å². The van der Waals surface area contributed by atoms with Crippen LogP contribution in [-0.2, 0) is 14.3 Å². The Morgan fingerprint density at radius 3 is 2.39 bits per heavy atom. The van der Waals surface area contributed by atoms with E-state index in [-0.39, 0.29) is 11.8 Å². The van der Waals surface area contributed by atoms with Crippen molar-refractivity contribution in [2.75, 3.05) is 19.7 Å². The summed E-state index contributed by atoms with van der Waals surface area (Å²) < 4.78 is 5.26. The number of rotatable bonds is 2. The molecule has 0 bridgehead atoms. The SMILES string of the molecule is NC(=O)C1CN(C(=O)C2CCCCCC2)CCO1. The van der Waals surface area contributed by atoms with Crippen molar-refractivity contribution in [3.63, 3.8) is 0 Å². The number of morpholine rings is 1. The van der Waals surface area contributed by atoms with Crippen LogP contribution in [0.2, 0.25) is 0 Å². The van der Waals surface area contributed by atoms with Crippen molar-refractivity contribution in [1.82, 2.24) is 4.90 Å². The Kier molecular flexibility index (Phi) is 4.58. The predicted molar refractivity (Wildman–Crippen MR) is 66.7 cm³/mol. The minimum Gasteiger partial charge on any atom is -0.367 e. The highest BCUT2D eigenvalue weighted by Crippen LogP contribution is 2.25. The molecule has 1 aliphatic heterocycles. The molecule has 18 heavy (non-hydrogen) atoms. The second-order valence-corrected chi connectivity index (χ2v) is 5.23. The molecule has 5 heteroatoms. The quantitative estimate of drug-likeness (QED) is 0.736. The number of carbonyl (C=O) groups is 2. The molecule has 0 aromatic heterocycles. The summed E-state index contributed by atoms with van der Waals surface area (Å²) >= 11 is 0. The minimum atomic E-state index is -0.631. The minimum absolute atomic E-state index is 0.138. The molecule has 2 amide bonds. The number of carbonyl (C=O) groups excluding carboxylic acids is 2. The molecule has 2 N–H and O–H groups in total. The molecule has 1 unspecified atom stereocenters. The van der Waals surface area contributed by atoms with Gasteiger partial charge in [-0.25, -0.2) is 0 Å². The topological polar surface area (TPSA) is 72.6 Å². The van der Waals surface area contributed by atoms with E-state index in [0.717, 1.165) is 25.7 Å². The lowest BCUT2D eigenvalue weighted by molar-refractivity contribution is -0.148. The van der Waals surface area contributed by atoms with Crippen LogP contribution < -0.4 is 5.73 Å². The fourth-order valence-corrected chi connectivity index (χ4v) is 2.81. The van der Waals surface area contributed by atoms with E-state index in [0.29, 0.717) is 19.7 Å². The first kappa shape index (κ1) is 13.3. The van der Waals surface area contributed by atoms with Gasteiger partial charge >= 0.3 is 0 Å². The Labute approximate surface area is 108 Å². The van der Waals surface area contributed by atoms with Gasteiger partial charge in [-0.1, -0.05) is 25.7 Å². The maximum Gasteiger partial charge on any atom is 0.248 e. The normalized spacial score (nSPS) is 26.7. The number of ether oxygens (including phenoxy) is 1. The molecule has 2 rings (SSSR count). The van der Waals surface area contributed by atoms with Crippen molar-refractivity contribution < 1.29 is 14.3 Å². The number of hydrogen-bond donors (Lipinski definition) is 1. The molecule has 2 fully saturated rings. The van der Waals surface area contributed by atoms with Gasteiger partial charge in [0, 0.05) is 12.5 Å². The molecule has 102 valence electrons. The number of amides is 2. The van der Waals surface area contributed by atoms with Crippen LogP contribution >= 0.6 is 0 Å². The fourth-order valence-electron chi connectivity index (χ4n) is 2.81. The Bertz CT molecular complexity index is 311. The Hall–Kier alpha value is -1.10. The Morgan fingerprint density at radius 2 is 1.78 bits per heavy atom. The summed E-state index contributed by atoms with van der Waals surface area (Å²) in [7, 11) is 0. The maximum atomic E-state index is 12.4. The first-order chi connectivity index (χ1) is 8.68. The Morgan fingerprint density at radius 1 is 1.11 bits per heavy atom. The number of hydrogen-bond acceptors (Lipinski definition) is 3. The molecule has 0 aromatic carbocycles. The predicted octanol–water partition coefficient (Wildman–Crippen LogP) is 0.669. The van der Waals surface area contributed by atoms with E-state index in [1.807, 2.05) is 0 Å². The van der Waals surface area contributed by atoms with Crippen molar-refractivity contribution in [2.24, 2.45) is 11.7 Å². The number of nitrogens with zero attached hydrogens (tertiary/aromatic N) is 1. The average molecular weight is 254 g/mol. The van der Waals surface area contributed by atoms with Gasteiger partial charge in [0.25, 0.3) is 0 Å². The third kappa shape index (κ3) is 3.22. The maximum absolute atomic E-state index is 12.4. The molecule has 2 aliphatic rings. The lowest BCUT2D eigenvalue weighted by Gasteiger charge is -2.33. The highest BCUT2D eigenvalue weighted by atomic mass is 16.5. The second-order valence-electron chi connectivity index (χ2n) is 5.23. The van der Waals surface area contributed by atoms with Crippen LogP contribution in [-0.4, -0.2) is 42.5 Å². The van der Waals surface area contributed by atoms with Crippen molar-refractivity contribution in [3.05, 3.63) is 0 Å². The summed E-state index contributed by atoms with van der Waals surface area (Å²) in [6.45, 7) is 1.32. The smallest absolute Gasteiger partial charge is 0.248 e. The zero-order valence-corrected chi connectivity index (χ0v) is 10.8. The standard InChI is InChI=1S/C13H22N2O3/c14-12(16)11-9-15(7-8-18-11)13(17)10-5-3-1-2-4-6-10/h10-11H,1-9H2,(H2,14,16). The van der Waals surface area contributed by atoms with Crippen LogP contribution in [0.1, 0.15) is 38.5 Å². The van der Waals surface area contributed by atoms with Gasteiger partial charge in [0.2, 0.25) is 11.8 Å². The van der Waals surface area contributed by atoms with E-state index < -0.39 is 12.0 Å². The summed E-state index contributed by atoms with van der Waals surface area (Å²) in [5, 5.41) is 0. The van der Waals surface area contributed by atoms with Gasteiger partial charge in [0.15, 0.2) is 6.10 Å². The molecule has 1 aliphatic carbocycles. The largest absolute Gasteiger partial charge is 0.367 e. The zero-order chi connectivity index (χ0) is 13.0. The third-order valence-corrected chi connectivity index (χ3v) is 3.90. The number of nitrogens with two attached hydrogens (primary N) is 1. The molecular formula is C13H22N2O3. The lowest BCUT2D eigenvalue weighted by atomic mass is 9.98. The fraction of sp³-hybridized carbons (Fsp3) is 0.846. The van der Waals surface area contributed by atoms with E-state index in [1.165, 1.54) is 12.8 Å². The second kappa shape index (κ2) is 6.18. The van der Waals surface area contributed by atoms with Crippen LogP contribution in [0.25, 0.3) is 0 Å². The van der Waals surface area contributed by atoms with E-state index in [4.69, 9.17) is 10.5 Å². The van der Waals surface area contributed by atoms with Crippen LogP contribution in [0.15, 0.2) is 0 Å². The van der Waals surface area contributed by atoms with Crippen LogP contribution in [0, 0.1) is 5.92 Å². The molecule has 0 radical (unpaired) electrons. The van der Waals surface area contributed by atoms with Crippen molar-refractivity contribution in [3.8, 4) is 0 Å². The monoisotopic (exact) mass is 254 g/mol. The molecule has 1 saturated carbocycles. The molecule has 0 spiro atoms. The molecular weight excluding hydrogens is 232 g/mol. The lowest BCUT2D eigenvalue weighted by Crippen LogP contribution is -2.51. The Balaban J connectivity index is 1.92. The van der Waals surface area contributed by atoms with E-state index >= 15 is 0 Å². The van der Waals surface area contributed by atoms with Gasteiger partial charge in [0.05, 0.1) is 13.2 Å². The van der Waals surface area contributed by atoms with E-state index in [9.17, 15) is 9.59 Å². The van der Waals surface area contributed by atoms with Gasteiger partial charge in [0.1, 0.15) is 0 Å². The summed E-state index contributed by atoms with van der Waals surface area (Å²) in [6.07, 6.45) is 6.08. The number of primary amides is 1. The third-order valence-electron chi connectivity index (χ3n) is 3.90. The molecule has 5 nitrogen and oxygen atoms in total. The van der Waals surface area contributed by atoms with Crippen LogP contribution in [0.5, 0.6) is 0 Å². The van der Waals surface area contributed by atoms with Gasteiger partial charge in [-0.3, -0.25) is 9.59 Å². The average Bonchev–Trinajstić information content (AvgIpc) is 2.67. The highest BCUT2D eigenvalue weighted by Gasteiger charge is 2.31. The molecule has 1 saturated heterocycles. The van der Waals surface area contributed by atoms with Crippen molar-refractivity contribution in [1.29, 1.82) is 0 Å². The van der Waals surface area contributed by atoms with Gasteiger partial charge in [-0.05, 0) is 12.8 Å². The van der Waals surface area contributed by atoms with E-state index in [1.54, 1.807) is 4.90 Å². The van der Waals surface area contributed by atoms with Gasteiger partial charge in [-0.15, -0.1) is 0 Å². The zero-order valence-electron chi connectivity index (χ0n) is 10.8. The molecule has 0 aromatic rings. The first-order valence-electron chi connectivity index (χ1n) is 6.88. The highest BCUT2D eigenvalue weighted by molar-refractivity contribution is 5.82.